The van der Waals surface area contributed by atoms with Gasteiger partial charge in [-0.15, -0.1) is 0 Å². The molecule has 0 heterocycles. The van der Waals surface area contributed by atoms with Crippen molar-refractivity contribution in [2.75, 3.05) is 21.3 Å². The van der Waals surface area contributed by atoms with E-state index < -0.39 is 17.5 Å². The molecule has 0 aromatic heterocycles. The summed E-state index contributed by atoms with van der Waals surface area (Å²) in [6.07, 6.45) is 1.78. The number of benzene rings is 2. The second-order valence-electron chi connectivity index (χ2n) is 6.30. The number of carbonyl (C=O) groups is 2. The van der Waals surface area contributed by atoms with Gasteiger partial charge in [0.15, 0.2) is 5.60 Å². The molecule has 1 amide bonds. The molecule has 6 heteroatoms. The Bertz CT molecular complexity index is 883. The van der Waals surface area contributed by atoms with Crippen LogP contribution in [-0.2, 0) is 19.8 Å². The van der Waals surface area contributed by atoms with Gasteiger partial charge in [0.25, 0.3) is 0 Å². The molecule has 1 aliphatic carbocycles. The van der Waals surface area contributed by atoms with Crippen molar-refractivity contribution in [3.05, 3.63) is 71.3 Å². The summed E-state index contributed by atoms with van der Waals surface area (Å²) < 4.78 is 15.7. The quantitative estimate of drug-likeness (QED) is 0.621. The second kappa shape index (κ2) is 10.4. The summed E-state index contributed by atoms with van der Waals surface area (Å²) >= 11 is 0. The maximum atomic E-state index is 11.0. The van der Waals surface area contributed by atoms with Crippen molar-refractivity contribution >= 4 is 11.9 Å². The smallest absolute Gasteiger partial charge is 0.337 e. The molecule has 0 fully saturated rings. The zero-order valence-electron chi connectivity index (χ0n) is 16.8. The fourth-order valence-corrected chi connectivity index (χ4v) is 3.10. The molecular formula is C23H25NO5. The van der Waals surface area contributed by atoms with Crippen LogP contribution in [0.1, 0.15) is 39.1 Å². The number of hydrogen-bond donors (Lipinski definition) is 1. The first-order valence-corrected chi connectivity index (χ1v) is 9.10. The van der Waals surface area contributed by atoms with E-state index in [-0.39, 0.29) is 6.10 Å². The highest BCUT2D eigenvalue weighted by atomic mass is 16.5. The van der Waals surface area contributed by atoms with Gasteiger partial charge in [-0.05, 0) is 36.2 Å². The SMILES string of the molecule is COC(=O)c1ccc(C(N)=O)cc1.COC1CCC#CC1(OC)c1ccccc1. The van der Waals surface area contributed by atoms with Crippen LogP contribution in [0.2, 0.25) is 0 Å². The van der Waals surface area contributed by atoms with Crippen molar-refractivity contribution in [1.29, 1.82) is 0 Å². The van der Waals surface area contributed by atoms with Gasteiger partial charge in [0.2, 0.25) is 5.91 Å². The monoisotopic (exact) mass is 395 g/mol. The Hall–Kier alpha value is -3.14. The third kappa shape index (κ3) is 5.23. The van der Waals surface area contributed by atoms with Gasteiger partial charge in [-0.1, -0.05) is 42.2 Å². The van der Waals surface area contributed by atoms with E-state index in [9.17, 15) is 9.59 Å². The van der Waals surface area contributed by atoms with Crippen molar-refractivity contribution < 1.29 is 23.8 Å². The molecule has 2 atom stereocenters. The average Bonchev–Trinajstić information content (AvgIpc) is 2.79. The Morgan fingerprint density at radius 1 is 1.00 bits per heavy atom. The number of hydrogen-bond acceptors (Lipinski definition) is 5. The minimum Gasteiger partial charge on any atom is -0.465 e. The summed E-state index contributed by atoms with van der Waals surface area (Å²) in [5.74, 6) is 5.39. The van der Waals surface area contributed by atoms with Crippen LogP contribution in [0, 0.1) is 11.8 Å². The fourth-order valence-electron chi connectivity index (χ4n) is 3.10. The van der Waals surface area contributed by atoms with Crippen LogP contribution in [0.5, 0.6) is 0 Å². The highest BCUT2D eigenvalue weighted by Crippen LogP contribution is 2.34. The number of rotatable bonds is 5. The molecule has 2 aromatic carbocycles. The predicted molar refractivity (Wildman–Crippen MR) is 109 cm³/mol. The van der Waals surface area contributed by atoms with E-state index in [4.69, 9.17) is 15.2 Å². The van der Waals surface area contributed by atoms with Crippen LogP contribution < -0.4 is 5.73 Å². The van der Waals surface area contributed by atoms with E-state index in [1.807, 2.05) is 30.3 Å². The van der Waals surface area contributed by atoms with E-state index in [0.717, 1.165) is 18.4 Å². The number of ether oxygens (including phenoxy) is 3. The number of primary amides is 1. The van der Waals surface area contributed by atoms with Gasteiger partial charge in [0.1, 0.15) is 6.10 Å². The standard InChI is InChI=1S/C14H16O2.C9H9NO3/c1-15-13-10-6-7-11-14(13,16-2)12-8-4-3-5-9-12;1-13-9(12)7-4-2-6(3-5-7)8(10)11/h3-5,8-9,13H,6,10H2,1-2H3;2-5H,1H3,(H2,10,11). The van der Waals surface area contributed by atoms with Gasteiger partial charge in [0, 0.05) is 26.2 Å². The molecule has 152 valence electrons. The lowest BCUT2D eigenvalue weighted by molar-refractivity contribution is -0.0904. The van der Waals surface area contributed by atoms with Crippen molar-refractivity contribution in [3.63, 3.8) is 0 Å². The van der Waals surface area contributed by atoms with Crippen LogP contribution >= 0.6 is 0 Å². The number of methoxy groups -OCH3 is 3. The van der Waals surface area contributed by atoms with Gasteiger partial charge < -0.3 is 19.9 Å². The summed E-state index contributed by atoms with van der Waals surface area (Å²) in [7, 11) is 4.71. The van der Waals surface area contributed by atoms with Crippen LogP contribution in [0.15, 0.2) is 54.6 Å². The lowest BCUT2D eigenvalue weighted by Crippen LogP contribution is -2.43. The third-order valence-electron chi connectivity index (χ3n) is 4.66. The summed E-state index contributed by atoms with van der Waals surface area (Å²) in [6, 6.07) is 16.0. The highest BCUT2D eigenvalue weighted by molar-refractivity contribution is 5.95. The molecule has 1 aliphatic rings. The Morgan fingerprint density at radius 2 is 1.62 bits per heavy atom. The zero-order chi connectivity index (χ0) is 21.3. The molecular weight excluding hydrogens is 370 g/mol. The van der Waals surface area contributed by atoms with E-state index in [2.05, 4.69) is 16.6 Å². The molecule has 3 rings (SSSR count). The van der Waals surface area contributed by atoms with Gasteiger partial charge >= 0.3 is 5.97 Å². The summed E-state index contributed by atoms with van der Waals surface area (Å²) in [4.78, 5) is 21.6. The Morgan fingerprint density at radius 3 is 2.14 bits per heavy atom. The maximum absolute atomic E-state index is 11.0. The largest absolute Gasteiger partial charge is 0.465 e. The van der Waals surface area contributed by atoms with E-state index in [1.165, 1.54) is 31.4 Å². The summed E-state index contributed by atoms with van der Waals surface area (Å²) in [6.45, 7) is 0. The average molecular weight is 395 g/mol. The maximum Gasteiger partial charge on any atom is 0.337 e. The first-order chi connectivity index (χ1) is 14.0. The molecule has 0 bridgehead atoms. The second-order valence-corrected chi connectivity index (χ2v) is 6.30. The molecule has 2 aromatic rings. The normalized spacial score (nSPS) is 19.8. The topological polar surface area (TPSA) is 87.9 Å². The molecule has 0 radical (unpaired) electrons. The number of nitrogens with two attached hydrogens (primary N) is 1. The minimum atomic E-state index is -0.603. The molecule has 0 saturated carbocycles. The van der Waals surface area contributed by atoms with E-state index in [1.54, 1.807) is 14.2 Å². The highest BCUT2D eigenvalue weighted by Gasteiger charge is 2.40. The van der Waals surface area contributed by atoms with Crippen molar-refractivity contribution in [1.82, 2.24) is 0 Å². The molecule has 0 saturated heterocycles. The fraction of sp³-hybridized carbons (Fsp3) is 0.304. The summed E-state index contributed by atoms with van der Waals surface area (Å²) in [5.41, 5.74) is 6.24. The van der Waals surface area contributed by atoms with Gasteiger partial charge in [-0.3, -0.25) is 4.79 Å². The third-order valence-corrected chi connectivity index (χ3v) is 4.66. The van der Waals surface area contributed by atoms with Crippen LogP contribution in [0.4, 0.5) is 0 Å². The predicted octanol–water partition coefficient (Wildman–Crippen LogP) is 2.91. The van der Waals surface area contributed by atoms with Crippen LogP contribution in [-0.4, -0.2) is 39.3 Å². The molecule has 2 unspecified atom stereocenters. The summed E-state index contributed by atoms with van der Waals surface area (Å²) in [5, 5.41) is 0. The van der Waals surface area contributed by atoms with Crippen molar-refractivity contribution in [3.8, 4) is 11.8 Å². The Balaban J connectivity index is 0.000000212. The van der Waals surface area contributed by atoms with Gasteiger partial charge in [-0.25, -0.2) is 4.79 Å². The lowest BCUT2D eigenvalue weighted by Gasteiger charge is -2.36. The van der Waals surface area contributed by atoms with Crippen LogP contribution in [0.3, 0.4) is 0 Å². The van der Waals surface area contributed by atoms with Gasteiger partial charge in [0.05, 0.1) is 12.7 Å². The molecule has 29 heavy (non-hydrogen) atoms. The lowest BCUT2D eigenvalue weighted by atomic mass is 9.83. The Labute approximate surface area is 171 Å². The molecule has 6 nitrogen and oxygen atoms in total. The number of amides is 1. The minimum absolute atomic E-state index is 0.00106. The van der Waals surface area contributed by atoms with E-state index in [0.29, 0.717) is 11.1 Å². The zero-order valence-corrected chi connectivity index (χ0v) is 16.8. The number of esters is 1. The Kier molecular flexibility index (Phi) is 7.96. The van der Waals surface area contributed by atoms with Crippen molar-refractivity contribution in [2.24, 2.45) is 5.73 Å². The first-order valence-electron chi connectivity index (χ1n) is 9.10. The number of carbonyl (C=O) groups excluding carboxylic acids is 2. The van der Waals surface area contributed by atoms with Gasteiger partial charge in [-0.2, -0.15) is 0 Å². The first kappa shape index (κ1) is 22.2. The van der Waals surface area contributed by atoms with Crippen LogP contribution in [0.25, 0.3) is 0 Å². The molecule has 0 aliphatic heterocycles. The molecule has 0 spiro atoms. The van der Waals surface area contributed by atoms with E-state index >= 15 is 0 Å². The molecule has 2 N–H and O–H groups in total. The van der Waals surface area contributed by atoms with Crippen molar-refractivity contribution in [2.45, 2.75) is 24.5 Å².